The molecule has 5 nitrogen and oxygen atoms in total. The van der Waals surface area contributed by atoms with Gasteiger partial charge in [0.15, 0.2) is 6.79 Å². The van der Waals surface area contributed by atoms with Crippen molar-refractivity contribution in [2.24, 2.45) is 0 Å². The molecule has 0 fully saturated rings. The van der Waals surface area contributed by atoms with E-state index in [9.17, 15) is 4.79 Å². The van der Waals surface area contributed by atoms with E-state index >= 15 is 0 Å². The molecule has 2 N–H and O–H groups in total. The topological polar surface area (TPSA) is 66.5 Å². The van der Waals surface area contributed by atoms with Gasteiger partial charge in [0.2, 0.25) is 0 Å². The van der Waals surface area contributed by atoms with Crippen LogP contribution in [-0.4, -0.2) is 17.3 Å². The largest absolute Gasteiger partial charge is 0.434 e. The first kappa shape index (κ1) is 15.1. The van der Waals surface area contributed by atoms with Gasteiger partial charge >= 0.3 is 5.97 Å². The van der Waals surface area contributed by atoms with Gasteiger partial charge in [-0.05, 0) is 18.1 Å². The maximum absolute atomic E-state index is 12.0. The van der Waals surface area contributed by atoms with Gasteiger partial charge in [0.1, 0.15) is 5.69 Å². The van der Waals surface area contributed by atoms with E-state index in [4.69, 9.17) is 15.2 Å². The Labute approximate surface area is 124 Å². The van der Waals surface area contributed by atoms with Crippen LogP contribution in [0.3, 0.4) is 0 Å². The van der Waals surface area contributed by atoms with Crippen molar-refractivity contribution in [1.82, 2.24) is 4.57 Å². The summed E-state index contributed by atoms with van der Waals surface area (Å²) in [5.41, 5.74) is 7.77. The molecule has 0 radical (unpaired) electrons. The summed E-state index contributed by atoms with van der Waals surface area (Å²) in [7, 11) is 0. The van der Waals surface area contributed by atoms with E-state index < -0.39 is 5.97 Å². The number of nitrogen functional groups attached to an aromatic ring is 1. The number of benzene rings is 1. The zero-order chi connectivity index (χ0) is 15.1. The summed E-state index contributed by atoms with van der Waals surface area (Å²) in [5.74, 6) is -0.423. The van der Waals surface area contributed by atoms with Gasteiger partial charge in [-0.25, -0.2) is 4.79 Å². The SMILES string of the molecule is CCCn1cc(N)cc1C(=O)OCOCc1ccccc1. The van der Waals surface area contributed by atoms with Crippen LogP contribution in [0, 0.1) is 0 Å². The summed E-state index contributed by atoms with van der Waals surface area (Å²) >= 11 is 0. The first-order valence-corrected chi connectivity index (χ1v) is 6.95. The molecule has 0 spiro atoms. The molecule has 0 amide bonds. The fourth-order valence-corrected chi connectivity index (χ4v) is 2.03. The third-order valence-corrected chi connectivity index (χ3v) is 2.98. The summed E-state index contributed by atoms with van der Waals surface area (Å²) in [6, 6.07) is 11.3. The van der Waals surface area contributed by atoms with Crippen molar-refractivity contribution in [2.75, 3.05) is 12.5 Å². The van der Waals surface area contributed by atoms with Crippen LogP contribution in [0.15, 0.2) is 42.6 Å². The van der Waals surface area contributed by atoms with E-state index in [1.165, 1.54) is 0 Å². The lowest BCUT2D eigenvalue weighted by atomic mass is 10.2. The van der Waals surface area contributed by atoms with Crippen LogP contribution in [0.25, 0.3) is 0 Å². The van der Waals surface area contributed by atoms with E-state index in [0.717, 1.165) is 18.5 Å². The highest BCUT2D eigenvalue weighted by atomic mass is 16.7. The van der Waals surface area contributed by atoms with Gasteiger partial charge in [-0.3, -0.25) is 0 Å². The average Bonchev–Trinajstić information content (AvgIpc) is 2.86. The molecule has 112 valence electrons. The number of rotatable bonds is 7. The molecule has 1 aromatic carbocycles. The number of carbonyl (C=O) groups excluding carboxylic acids is 1. The molecule has 0 atom stereocenters. The standard InChI is InChI=1S/C16H20N2O3/c1-2-8-18-10-14(17)9-15(18)16(19)21-12-20-11-13-6-4-3-5-7-13/h3-7,9-10H,2,8,11-12,17H2,1H3. The van der Waals surface area contributed by atoms with Crippen molar-refractivity contribution >= 4 is 11.7 Å². The van der Waals surface area contributed by atoms with E-state index in [1.807, 2.05) is 37.3 Å². The van der Waals surface area contributed by atoms with E-state index in [0.29, 0.717) is 18.0 Å². The third-order valence-electron chi connectivity index (χ3n) is 2.98. The fourth-order valence-electron chi connectivity index (χ4n) is 2.03. The van der Waals surface area contributed by atoms with Gasteiger partial charge in [0, 0.05) is 12.7 Å². The summed E-state index contributed by atoms with van der Waals surface area (Å²) in [6.45, 7) is 3.10. The number of hydrogen-bond acceptors (Lipinski definition) is 4. The molecule has 0 aliphatic heterocycles. The molecule has 0 bridgehead atoms. The van der Waals surface area contributed by atoms with Crippen LogP contribution in [0.5, 0.6) is 0 Å². The van der Waals surface area contributed by atoms with Crippen molar-refractivity contribution in [2.45, 2.75) is 26.5 Å². The molecule has 0 aliphatic carbocycles. The summed E-state index contributed by atoms with van der Waals surface area (Å²) in [5, 5.41) is 0. The molecular formula is C16H20N2O3. The maximum atomic E-state index is 12.0. The number of esters is 1. The quantitative estimate of drug-likeness (QED) is 0.483. The average molecular weight is 288 g/mol. The molecule has 1 heterocycles. The highest BCUT2D eigenvalue weighted by molar-refractivity contribution is 5.89. The van der Waals surface area contributed by atoms with Crippen molar-refractivity contribution in [3.05, 3.63) is 53.9 Å². The zero-order valence-electron chi connectivity index (χ0n) is 12.1. The highest BCUT2D eigenvalue weighted by Crippen LogP contribution is 2.12. The molecule has 2 aromatic rings. The molecule has 21 heavy (non-hydrogen) atoms. The zero-order valence-corrected chi connectivity index (χ0v) is 12.1. The van der Waals surface area contributed by atoms with Gasteiger partial charge in [-0.15, -0.1) is 0 Å². The van der Waals surface area contributed by atoms with Gasteiger partial charge in [0.05, 0.1) is 12.3 Å². The molecule has 2 rings (SSSR count). The minimum Gasteiger partial charge on any atom is -0.434 e. The highest BCUT2D eigenvalue weighted by Gasteiger charge is 2.13. The number of anilines is 1. The van der Waals surface area contributed by atoms with Crippen LogP contribution in [0.4, 0.5) is 5.69 Å². The first-order valence-electron chi connectivity index (χ1n) is 6.95. The summed E-state index contributed by atoms with van der Waals surface area (Å²) in [4.78, 5) is 12.0. The van der Waals surface area contributed by atoms with Gasteiger partial charge < -0.3 is 19.8 Å². The predicted octanol–water partition coefficient (Wildman–Crippen LogP) is 2.81. The number of nitrogens with zero attached hydrogens (tertiary/aromatic N) is 1. The maximum Gasteiger partial charge on any atom is 0.357 e. The number of aryl methyl sites for hydroxylation is 1. The van der Waals surface area contributed by atoms with Gasteiger partial charge in [-0.2, -0.15) is 0 Å². The van der Waals surface area contributed by atoms with E-state index in [-0.39, 0.29) is 6.79 Å². The Hall–Kier alpha value is -2.27. The first-order chi connectivity index (χ1) is 10.2. The van der Waals surface area contributed by atoms with Gasteiger partial charge in [-0.1, -0.05) is 37.3 Å². The Morgan fingerprint density at radius 3 is 2.76 bits per heavy atom. The molecule has 0 saturated carbocycles. The Balaban J connectivity index is 1.82. The Kier molecular flexibility index (Phi) is 5.40. The second-order valence-electron chi connectivity index (χ2n) is 4.74. The van der Waals surface area contributed by atoms with Crippen LogP contribution in [0.2, 0.25) is 0 Å². The second kappa shape index (κ2) is 7.50. The van der Waals surface area contributed by atoms with Crippen molar-refractivity contribution in [3.8, 4) is 0 Å². The lowest BCUT2D eigenvalue weighted by molar-refractivity contribution is -0.0387. The summed E-state index contributed by atoms with van der Waals surface area (Å²) in [6.07, 6.45) is 2.66. The second-order valence-corrected chi connectivity index (χ2v) is 4.74. The number of hydrogen-bond donors (Lipinski definition) is 1. The Bertz CT molecular complexity index is 578. The van der Waals surface area contributed by atoms with Crippen LogP contribution < -0.4 is 5.73 Å². The molecule has 0 saturated heterocycles. The van der Waals surface area contributed by atoms with E-state index in [1.54, 1.807) is 16.8 Å². The van der Waals surface area contributed by atoms with E-state index in [2.05, 4.69) is 0 Å². The number of nitrogens with two attached hydrogens (primary N) is 1. The minimum absolute atomic E-state index is 0.0784. The van der Waals surface area contributed by atoms with Gasteiger partial charge in [0.25, 0.3) is 0 Å². The summed E-state index contributed by atoms with van der Waals surface area (Å²) < 4.78 is 12.2. The minimum atomic E-state index is -0.423. The number of carbonyl (C=O) groups is 1. The molecule has 1 aromatic heterocycles. The fraction of sp³-hybridized carbons (Fsp3) is 0.312. The molecule has 5 heteroatoms. The van der Waals surface area contributed by atoms with Crippen LogP contribution in [0.1, 0.15) is 29.4 Å². The van der Waals surface area contributed by atoms with Crippen LogP contribution in [-0.2, 0) is 22.6 Å². The lowest BCUT2D eigenvalue weighted by Gasteiger charge is -2.08. The Morgan fingerprint density at radius 2 is 2.05 bits per heavy atom. The smallest absolute Gasteiger partial charge is 0.357 e. The molecular weight excluding hydrogens is 268 g/mol. The van der Waals surface area contributed by atoms with Crippen molar-refractivity contribution in [1.29, 1.82) is 0 Å². The lowest BCUT2D eigenvalue weighted by Crippen LogP contribution is -2.13. The number of ether oxygens (including phenoxy) is 2. The third kappa shape index (κ3) is 4.36. The molecule has 0 unspecified atom stereocenters. The Morgan fingerprint density at radius 1 is 1.29 bits per heavy atom. The van der Waals surface area contributed by atoms with Crippen LogP contribution >= 0.6 is 0 Å². The number of aromatic nitrogens is 1. The predicted molar refractivity (Wildman–Crippen MR) is 80.6 cm³/mol. The molecule has 0 aliphatic rings. The monoisotopic (exact) mass is 288 g/mol. The normalized spacial score (nSPS) is 10.5. The van der Waals surface area contributed by atoms with Crippen molar-refractivity contribution in [3.63, 3.8) is 0 Å². The van der Waals surface area contributed by atoms with Crippen molar-refractivity contribution < 1.29 is 14.3 Å².